The summed E-state index contributed by atoms with van der Waals surface area (Å²) in [7, 11) is 0. The number of benzene rings is 1. The van der Waals surface area contributed by atoms with E-state index in [1.807, 2.05) is 17.0 Å². The summed E-state index contributed by atoms with van der Waals surface area (Å²) < 4.78 is 13.1. The first-order valence-corrected chi connectivity index (χ1v) is 9.58. The van der Waals surface area contributed by atoms with Gasteiger partial charge in [-0.25, -0.2) is 4.39 Å². The van der Waals surface area contributed by atoms with Crippen molar-refractivity contribution >= 4 is 17.5 Å². The first kappa shape index (κ1) is 18.4. The van der Waals surface area contributed by atoms with Gasteiger partial charge in [0.05, 0.1) is 11.8 Å². The minimum absolute atomic E-state index is 0.0628. The second-order valence-electron chi connectivity index (χ2n) is 7.32. The summed E-state index contributed by atoms with van der Waals surface area (Å²) in [5.74, 6) is -0.669. The van der Waals surface area contributed by atoms with E-state index in [0.717, 1.165) is 11.3 Å². The molecule has 0 bridgehead atoms. The monoisotopic (exact) mass is 382 g/mol. The van der Waals surface area contributed by atoms with Crippen molar-refractivity contribution in [3.63, 3.8) is 0 Å². The quantitative estimate of drug-likeness (QED) is 0.857. The van der Waals surface area contributed by atoms with Crippen molar-refractivity contribution in [1.29, 1.82) is 0 Å². The zero-order valence-electron chi connectivity index (χ0n) is 15.6. The standard InChI is InChI=1S/C21H23FN4O2/c22-16-3-5-17(6-4-16)25-8-10-26(11-9-25)21(28)19-12-18(19)20(27)24-14-15-2-1-7-23-13-15/h1-7,13,18-19H,8-12,14H2,(H,24,27). The van der Waals surface area contributed by atoms with Crippen molar-refractivity contribution < 1.29 is 14.0 Å². The summed E-state index contributed by atoms with van der Waals surface area (Å²) in [5, 5.41) is 2.89. The lowest BCUT2D eigenvalue weighted by molar-refractivity contribution is -0.135. The molecule has 6 nitrogen and oxygen atoms in total. The van der Waals surface area contributed by atoms with Crippen LogP contribution in [0.5, 0.6) is 0 Å². The van der Waals surface area contributed by atoms with E-state index in [1.54, 1.807) is 24.5 Å². The summed E-state index contributed by atoms with van der Waals surface area (Å²) in [6, 6.07) is 10.2. The third kappa shape index (κ3) is 4.13. The molecule has 1 aromatic heterocycles. The largest absolute Gasteiger partial charge is 0.368 e. The number of carbonyl (C=O) groups is 2. The van der Waals surface area contributed by atoms with Gasteiger partial charge in [0.2, 0.25) is 11.8 Å². The first-order chi connectivity index (χ1) is 13.6. The predicted molar refractivity (Wildman–Crippen MR) is 103 cm³/mol. The van der Waals surface area contributed by atoms with Crippen LogP contribution in [-0.2, 0) is 16.1 Å². The first-order valence-electron chi connectivity index (χ1n) is 9.58. The Bertz CT molecular complexity index is 835. The Morgan fingerprint density at radius 2 is 1.82 bits per heavy atom. The maximum absolute atomic E-state index is 13.1. The van der Waals surface area contributed by atoms with Crippen molar-refractivity contribution in [1.82, 2.24) is 15.2 Å². The Morgan fingerprint density at radius 1 is 1.07 bits per heavy atom. The normalized spacial score (nSPS) is 21.3. The molecule has 2 aromatic rings. The van der Waals surface area contributed by atoms with Crippen LogP contribution in [0.4, 0.5) is 10.1 Å². The highest BCUT2D eigenvalue weighted by Crippen LogP contribution is 2.40. The zero-order valence-corrected chi connectivity index (χ0v) is 15.6. The summed E-state index contributed by atoms with van der Waals surface area (Å²) in [6.07, 6.45) is 4.03. The van der Waals surface area contributed by atoms with Gasteiger partial charge >= 0.3 is 0 Å². The van der Waals surface area contributed by atoms with Gasteiger partial charge < -0.3 is 15.1 Å². The summed E-state index contributed by atoms with van der Waals surface area (Å²) in [5.41, 5.74) is 1.91. The topological polar surface area (TPSA) is 65.5 Å². The molecule has 4 rings (SSSR count). The molecule has 2 unspecified atom stereocenters. The number of piperazine rings is 1. The Kier molecular flexibility index (Phi) is 5.23. The van der Waals surface area contributed by atoms with Crippen LogP contribution in [0.15, 0.2) is 48.8 Å². The lowest BCUT2D eigenvalue weighted by Crippen LogP contribution is -2.49. The number of anilines is 1. The van der Waals surface area contributed by atoms with Gasteiger partial charge in [-0.3, -0.25) is 14.6 Å². The second kappa shape index (κ2) is 7.96. The number of amides is 2. The molecule has 1 aromatic carbocycles. The van der Waals surface area contributed by atoms with Gasteiger partial charge in [0, 0.05) is 50.8 Å². The van der Waals surface area contributed by atoms with Crippen molar-refractivity contribution in [2.75, 3.05) is 31.1 Å². The minimum atomic E-state index is -0.251. The van der Waals surface area contributed by atoms with Crippen LogP contribution >= 0.6 is 0 Å². The lowest BCUT2D eigenvalue weighted by atomic mass is 10.2. The summed E-state index contributed by atoms with van der Waals surface area (Å²) in [6.45, 7) is 3.10. The molecule has 0 radical (unpaired) electrons. The van der Waals surface area contributed by atoms with Gasteiger partial charge in [-0.1, -0.05) is 6.07 Å². The van der Waals surface area contributed by atoms with Gasteiger partial charge in [0.15, 0.2) is 0 Å². The molecule has 1 aliphatic heterocycles. The Hall–Kier alpha value is -2.96. The third-order valence-corrected chi connectivity index (χ3v) is 5.42. The fraction of sp³-hybridized carbons (Fsp3) is 0.381. The number of hydrogen-bond donors (Lipinski definition) is 1. The highest BCUT2D eigenvalue weighted by atomic mass is 19.1. The second-order valence-corrected chi connectivity index (χ2v) is 7.32. The lowest BCUT2D eigenvalue weighted by Gasteiger charge is -2.36. The van der Waals surface area contributed by atoms with Crippen LogP contribution in [0.25, 0.3) is 0 Å². The molecular formula is C21H23FN4O2. The molecule has 1 aliphatic carbocycles. The molecule has 2 aliphatic rings. The number of nitrogens with zero attached hydrogens (tertiary/aromatic N) is 3. The molecule has 2 heterocycles. The molecule has 0 spiro atoms. The molecule has 1 N–H and O–H groups in total. The van der Waals surface area contributed by atoms with E-state index in [4.69, 9.17) is 0 Å². The van der Waals surface area contributed by atoms with Crippen LogP contribution in [-0.4, -0.2) is 47.9 Å². The van der Waals surface area contributed by atoms with Crippen LogP contribution < -0.4 is 10.2 Å². The Morgan fingerprint density at radius 3 is 2.50 bits per heavy atom. The van der Waals surface area contributed by atoms with Crippen LogP contribution in [0.3, 0.4) is 0 Å². The smallest absolute Gasteiger partial charge is 0.226 e. The Balaban J connectivity index is 1.24. The van der Waals surface area contributed by atoms with Crippen LogP contribution in [0.2, 0.25) is 0 Å². The van der Waals surface area contributed by atoms with E-state index < -0.39 is 0 Å². The minimum Gasteiger partial charge on any atom is -0.368 e. The molecule has 2 amide bonds. The molecule has 146 valence electrons. The molecule has 1 saturated heterocycles. The fourth-order valence-corrected chi connectivity index (χ4v) is 3.65. The maximum atomic E-state index is 13.1. The number of hydrogen-bond acceptors (Lipinski definition) is 4. The van der Waals surface area contributed by atoms with Crippen molar-refractivity contribution in [2.24, 2.45) is 11.8 Å². The van der Waals surface area contributed by atoms with Gasteiger partial charge in [-0.2, -0.15) is 0 Å². The van der Waals surface area contributed by atoms with E-state index in [2.05, 4.69) is 15.2 Å². The zero-order chi connectivity index (χ0) is 19.5. The number of nitrogens with one attached hydrogen (secondary N) is 1. The third-order valence-electron chi connectivity index (χ3n) is 5.42. The average molecular weight is 382 g/mol. The Labute approximate surface area is 163 Å². The summed E-state index contributed by atoms with van der Waals surface area (Å²) >= 11 is 0. The van der Waals surface area contributed by atoms with Gasteiger partial charge in [0.25, 0.3) is 0 Å². The molecule has 2 atom stereocenters. The highest BCUT2D eigenvalue weighted by molar-refractivity contribution is 5.92. The van der Waals surface area contributed by atoms with E-state index >= 15 is 0 Å². The van der Waals surface area contributed by atoms with Crippen LogP contribution in [0, 0.1) is 17.7 Å². The number of carbonyl (C=O) groups excluding carboxylic acids is 2. The molecule has 7 heteroatoms. The number of rotatable bonds is 5. The van der Waals surface area contributed by atoms with Gasteiger partial charge in [-0.15, -0.1) is 0 Å². The van der Waals surface area contributed by atoms with E-state index in [1.165, 1.54) is 12.1 Å². The molecular weight excluding hydrogens is 359 g/mol. The van der Waals surface area contributed by atoms with E-state index in [0.29, 0.717) is 39.1 Å². The maximum Gasteiger partial charge on any atom is 0.226 e. The highest BCUT2D eigenvalue weighted by Gasteiger charge is 2.49. The molecule has 1 saturated carbocycles. The number of halogens is 1. The van der Waals surface area contributed by atoms with Gasteiger partial charge in [-0.05, 0) is 42.3 Å². The fourth-order valence-electron chi connectivity index (χ4n) is 3.65. The van der Waals surface area contributed by atoms with E-state index in [-0.39, 0.29) is 29.5 Å². The van der Waals surface area contributed by atoms with E-state index in [9.17, 15) is 14.0 Å². The number of pyridine rings is 1. The average Bonchev–Trinajstić information content (AvgIpc) is 3.54. The molecule has 28 heavy (non-hydrogen) atoms. The predicted octanol–water partition coefficient (Wildman–Crippen LogP) is 1.82. The van der Waals surface area contributed by atoms with Crippen molar-refractivity contribution in [3.8, 4) is 0 Å². The molecule has 2 fully saturated rings. The van der Waals surface area contributed by atoms with Gasteiger partial charge in [0.1, 0.15) is 5.82 Å². The summed E-state index contributed by atoms with van der Waals surface area (Å²) in [4.78, 5) is 33.0. The van der Waals surface area contributed by atoms with Crippen molar-refractivity contribution in [2.45, 2.75) is 13.0 Å². The van der Waals surface area contributed by atoms with Crippen LogP contribution in [0.1, 0.15) is 12.0 Å². The van der Waals surface area contributed by atoms with Crippen molar-refractivity contribution in [3.05, 3.63) is 60.2 Å². The number of aromatic nitrogens is 1. The SMILES string of the molecule is O=C(NCc1cccnc1)C1CC1C(=O)N1CCN(c2ccc(F)cc2)CC1.